The van der Waals surface area contributed by atoms with Crippen molar-refractivity contribution < 1.29 is 9.53 Å². The van der Waals surface area contributed by atoms with E-state index in [-0.39, 0.29) is 12.4 Å². The van der Waals surface area contributed by atoms with E-state index in [0.29, 0.717) is 12.2 Å². The van der Waals surface area contributed by atoms with E-state index in [9.17, 15) is 4.79 Å². The summed E-state index contributed by atoms with van der Waals surface area (Å²) in [6, 6.07) is 3.86. The second-order valence-electron chi connectivity index (χ2n) is 9.90. The number of hydrogen-bond acceptors (Lipinski definition) is 8. The zero-order valence-electron chi connectivity index (χ0n) is 21.4. The molecule has 0 amide bonds. The zero-order valence-corrected chi connectivity index (χ0v) is 21.4. The average Bonchev–Trinajstić information content (AvgIpc) is 3.03. The maximum atomic E-state index is 12.6. The highest BCUT2D eigenvalue weighted by Gasteiger charge is 2.22. The number of carbonyl (C=O) groups excluding carboxylic acids is 1. The third-order valence-electron chi connectivity index (χ3n) is 5.64. The summed E-state index contributed by atoms with van der Waals surface area (Å²) < 4.78 is 5.54. The Morgan fingerprint density at radius 1 is 1.26 bits per heavy atom. The lowest BCUT2D eigenvalue weighted by Gasteiger charge is -2.21. The normalized spacial score (nSPS) is 15.3. The lowest BCUT2D eigenvalue weighted by molar-refractivity contribution is -0.155. The van der Waals surface area contributed by atoms with Crippen molar-refractivity contribution in [1.29, 1.82) is 0 Å². The van der Waals surface area contributed by atoms with Gasteiger partial charge < -0.3 is 15.8 Å². The topological polar surface area (TPSA) is 115 Å². The summed E-state index contributed by atoms with van der Waals surface area (Å²) in [7, 11) is 0. The average molecular weight is 479 g/mol. The molecule has 3 rings (SSSR count). The molecule has 1 aliphatic heterocycles. The Labute approximate surface area is 208 Å². The Balaban J connectivity index is 1.72. The van der Waals surface area contributed by atoms with E-state index in [4.69, 9.17) is 20.4 Å². The van der Waals surface area contributed by atoms with Crippen LogP contribution in [0.2, 0.25) is 0 Å². The zero-order chi connectivity index (χ0) is 25.3. The third-order valence-corrected chi connectivity index (χ3v) is 5.64. The lowest BCUT2D eigenvalue weighted by atomic mass is 10.0. The number of aromatic nitrogens is 3. The van der Waals surface area contributed by atoms with Crippen molar-refractivity contribution >= 4 is 17.5 Å². The molecule has 188 valence electrons. The molecular weight excluding hydrogens is 440 g/mol. The Morgan fingerprint density at radius 2 is 2.03 bits per heavy atom. The Kier molecular flexibility index (Phi) is 9.34. The van der Waals surface area contributed by atoms with Crippen LogP contribution in [0.3, 0.4) is 0 Å². The number of aliphatic imine (C=N–C) groups is 1. The molecule has 0 fully saturated rings. The highest BCUT2D eigenvalue weighted by atomic mass is 16.6. The van der Waals surface area contributed by atoms with E-state index < -0.39 is 11.6 Å². The van der Waals surface area contributed by atoms with Crippen LogP contribution >= 0.6 is 0 Å². The number of pyridine rings is 1. The summed E-state index contributed by atoms with van der Waals surface area (Å²) in [4.78, 5) is 30.9. The first-order chi connectivity index (χ1) is 16.7. The van der Waals surface area contributed by atoms with Crippen LogP contribution in [0, 0.1) is 6.92 Å². The maximum absolute atomic E-state index is 12.6. The van der Waals surface area contributed by atoms with Gasteiger partial charge in [-0.1, -0.05) is 6.07 Å². The molecule has 3 N–H and O–H groups in total. The minimum atomic E-state index is -0.565. The van der Waals surface area contributed by atoms with E-state index in [0.717, 1.165) is 48.6 Å². The van der Waals surface area contributed by atoms with Gasteiger partial charge in [0, 0.05) is 35.9 Å². The number of aryl methyl sites for hydroxylation is 3. The molecule has 35 heavy (non-hydrogen) atoms. The van der Waals surface area contributed by atoms with Gasteiger partial charge >= 0.3 is 5.97 Å². The molecule has 2 aromatic rings. The van der Waals surface area contributed by atoms with Gasteiger partial charge in [0.1, 0.15) is 17.2 Å². The molecule has 1 aliphatic rings. The molecule has 0 saturated carbocycles. The van der Waals surface area contributed by atoms with Gasteiger partial charge in [-0.2, -0.15) is 0 Å². The summed E-state index contributed by atoms with van der Waals surface area (Å²) in [5, 5.41) is 3.45. The SMILES string of the molecule is Cc1ncc(C(CC(=O)OC(C)(C)C)N=C(C=CN)CCCc2ccc3c(n2)NCCCC3)cn1. The molecule has 0 aliphatic carbocycles. The van der Waals surface area contributed by atoms with Crippen molar-refractivity contribution in [3.8, 4) is 0 Å². The molecule has 2 aromatic heterocycles. The quantitative estimate of drug-likeness (QED) is 0.398. The largest absolute Gasteiger partial charge is 0.460 e. The molecule has 0 spiro atoms. The fourth-order valence-corrected chi connectivity index (χ4v) is 3.98. The van der Waals surface area contributed by atoms with Crippen molar-refractivity contribution in [3.63, 3.8) is 0 Å². The Bertz CT molecular complexity index is 1040. The Hall–Kier alpha value is -3.29. The summed E-state index contributed by atoms with van der Waals surface area (Å²) >= 11 is 0. The fourth-order valence-electron chi connectivity index (χ4n) is 3.98. The van der Waals surface area contributed by atoms with E-state index in [2.05, 4.69) is 27.4 Å². The van der Waals surface area contributed by atoms with Gasteiger partial charge in [0.05, 0.1) is 12.5 Å². The first kappa shape index (κ1) is 26.3. The number of nitrogens with zero attached hydrogens (tertiary/aromatic N) is 4. The van der Waals surface area contributed by atoms with E-state index in [1.165, 1.54) is 24.6 Å². The highest BCUT2D eigenvalue weighted by molar-refractivity contribution is 5.95. The summed E-state index contributed by atoms with van der Waals surface area (Å²) in [6.45, 7) is 8.36. The van der Waals surface area contributed by atoms with Crippen molar-refractivity contribution in [2.75, 3.05) is 11.9 Å². The number of fused-ring (bicyclic) bond motifs is 1. The van der Waals surface area contributed by atoms with Crippen LogP contribution in [0.4, 0.5) is 5.82 Å². The van der Waals surface area contributed by atoms with Gasteiger partial charge in [0.2, 0.25) is 0 Å². The lowest BCUT2D eigenvalue weighted by Crippen LogP contribution is -2.25. The van der Waals surface area contributed by atoms with Gasteiger partial charge in [-0.05, 0) is 90.1 Å². The molecule has 8 nitrogen and oxygen atoms in total. The number of esters is 1. The molecule has 0 aromatic carbocycles. The van der Waals surface area contributed by atoms with Crippen LogP contribution in [-0.2, 0) is 22.4 Å². The third kappa shape index (κ3) is 8.77. The molecular formula is C27H38N6O2. The number of allylic oxidation sites excluding steroid dienone is 1. The second kappa shape index (κ2) is 12.4. The molecule has 1 unspecified atom stereocenters. The summed E-state index contributed by atoms with van der Waals surface area (Å²) in [5.74, 6) is 1.37. The van der Waals surface area contributed by atoms with Gasteiger partial charge in [-0.15, -0.1) is 0 Å². The molecule has 3 heterocycles. The van der Waals surface area contributed by atoms with E-state index in [1.807, 2.05) is 27.7 Å². The van der Waals surface area contributed by atoms with Crippen LogP contribution in [0.5, 0.6) is 0 Å². The van der Waals surface area contributed by atoms with Crippen LogP contribution < -0.4 is 11.1 Å². The van der Waals surface area contributed by atoms with Crippen molar-refractivity contribution in [2.45, 2.75) is 84.3 Å². The number of ether oxygens (including phenoxy) is 1. The number of nitrogens with two attached hydrogens (primary N) is 1. The van der Waals surface area contributed by atoms with Gasteiger partial charge in [0.15, 0.2) is 0 Å². The van der Waals surface area contributed by atoms with Gasteiger partial charge in [-0.25, -0.2) is 15.0 Å². The van der Waals surface area contributed by atoms with E-state index in [1.54, 1.807) is 18.5 Å². The first-order valence-corrected chi connectivity index (χ1v) is 12.4. The summed E-state index contributed by atoms with van der Waals surface area (Å²) in [5.41, 5.74) is 9.10. The first-order valence-electron chi connectivity index (χ1n) is 12.4. The predicted molar refractivity (Wildman–Crippen MR) is 139 cm³/mol. The molecule has 8 heteroatoms. The monoisotopic (exact) mass is 478 g/mol. The fraction of sp³-hybridized carbons (Fsp3) is 0.519. The van der Waals surface area contributed by atoms with Gasteiger partial charge in [-0.3, -0.25) is 9.79 Å². The van der Waals surface area contributed by atoms with Crippen LogP contribution in [0.1, 0.15) is 81.6 Å². The predicted octanol–water partition coefficient (Wildman–Crippen LogP) is 4.64. The molecule has 0 radical (unpaired) electrons. The number of nitrogens with one attached hydrogen (secondary N) is 1. The van der Waals surface area contributed by atoms with Crippen molar-refractivity contribution in [3.05, 3.63) is 59.4 Å². The number of carbonyl (C=O) groups is 1. The minimum Gasteiger partial charge on any atom is -0.460 e. The van der Waals surface area contributed by atoms with E-state index >= 15 is 0 Å². The minimum absolute atomic E-state index is 0.101. The van der Waals surface area contributed by atoms with Crippen LogP contribution in [0.25, 0.3) is 0 Å². The standard InChI is InChI=1S/C27H38N6O2/c1-19-30-17-21(18-31-19)24(16-25(34)35-27(2,3)4)32-23(13-14-28)10-7-9-22-12-11-20-8-5-6-15-29-26(20)33-22/h11-14,17-18,24H,5-10,15-16,28H2,1-4H3,(H,29,33). The van der Waals surface area contributed by atoms with Gasteiger partial charge in [0.25, 0.3) is 0 Å². The molecule has 0 saturated heterocycles. The smallest absolute Gasteiger partial charge is 0.308 e. The van der Waals surface area contributed by atoms with Crippen molar-refractivity contribution in [2.24, 2.45) is 10.7 Å². The summed E-state index contributed by atoms with van der Waals surface area (Å²) in [6.07, 6.45) is 12.7. The number of anilines is 1. The van der Waals surface area contributed by atoms with Crippen molar-refractivity contribution in [1.82, 2.24) is 15.0 Å². The second-order valence-corrected chi connectivity index (χ2v) is 9.90. The highest BCUT2D eigenvalue weighted by Crippen LogP contribution is 2.24. The van der Waals surface area contributed by atoms with Crippen LogP contribution in [-0.4, -0.2) is 38.8 Å². The number of rotatable bonds is 9. The Morgan fingerprint density at radius 3 is 2.74 bits per heavy atom. The maximum Gasteiger partial charge on any atom is 0.308 e. The number of hydrogen-bond donors (Lipinski definition) is 2. The molecule has 1 atom stereocenters. The molecule has 0 bridgehead atoms. The van der Waals surface area contributed by atoms with Crippen LogP contribution in [0.15, 0.2) is 41.8 Å².